The highest BCUT2D eigenvalue weighted by Crippen LogP contribution is 2.28. The van der Waals surface area contributed by atoms with Crippen molar-refractivity contribution in [2.75, 3.05) is 13.2 Å². The Balaban J connectivity index is 1.56. The molecule has 0 amide bonds. The third-order valence-electron chi connectivity index (χ3n) is 6.21. The molecule has 0 radical (unpaired) electrons. The minimum atomic E-state index is -0.262. The van der Waals surface area contributed by atoms with E-state index in [1.807, 2.05) is 53.3 Å². The Bertz CT molecular complexity index is 1090. The van der Waals surface area contributed by atoms with Gasteiger partial charge in [0.1, 0.15) is 0 Å². The van der Waals surface area contributed by atoms with E-state index >= 15 is 0 Å². The molecule has 32 heavy (non-hydrogen) atoms. The van der Waals surface area contributed by atoms with Crippen LogP contribution in [0, 0.1) is 0 Å². The fourth-order valence-corrected chi connectivity index (χ4v) is 4.57. The Labute approximate surface area is 189 Å². The molecule has 3 aromatic rings. The summed E-state index contributed by atoms with van der Waals surface area (Å²) < 4.78 is 1.97. The normalized spacial score (nSPS) is 20.3. The lowest BCUT2D eigenvalue weighted by Crippen LogP contribution is -2.40. The standard InChI is InChI=1S/C27H28N4O/c32-20-25-13-7-8-18-30(25)23-14-15-26(31-24(19-23)16-17-28-31)29-27(21-9-3-1-4-10-21)22-11-5-2-6-12-22/h1-6,9-12,14-17,19,25-26,32H,7-8,13,18,20H2. The van der Waals surface area contributed by atoms with Gasteiger partial charge in [-0.3, -0.25) is 4.99 Å². The Hall–Kier alpha value is -3.44. The average Bonchev–Trinajstić information content (AvgIpc) is 3.25. The molecule has 1 N–H and O–H groups in total. The predicted octanol–water partition coefficient (Wildman–Crippen LogP) is 4.68. The van der Waals surface area contributed by atoms with Crippen molar-refractivity contribution in [1.29, 1.82) is 0 Å². The topological polar surface area (TPSA) is 53.6 Å². The highest BCUT2D eigenvalue weighted by Gasteiger charge is 2.25. The van der Waals surface area contributed by atoms with Gasteiger partial charge in [-0.15, -0.1) is 0 Å². The Morgan fingerprint density at radius 3 is 2.38 bits per heavy atom. The summed E-state index contributed by atoms with van der Waals surface area (Å²) >= 11 is 0. The molecule has 1 saturated heterocycles. The number of aliphatic imine (C=N–C) groups is 1. The number of piperidine rings is 1. The zero-order valence-corrected chi connectivity index (χ0v) is 18.1. The lowest BCUT2D eigenvalue weighted by atomic mass is 10.0. The van der Waals surface area contributed by atoms with Crippen LogP contribution in [0.3, 0.4) is 0 Å². The molecule has 162 valence electrons. The molecule has 1 fully saturated rings. The molecule has 0 aliphatic carbocycles. The van der Waals surface area contributed by atoms with Crippen LogP contribution in [0.15, 0.2) is 95.8 Å². The van der Waals surface area contributed by atoms with Crippen molar-refractivity contribution in [3.05, 3.63) is 108 Å². The summed E-state index contributed by atoms with van der Waals surface area (Å²) in [5.41, 5.74) is 5.23. The molecule has 5 rings (SSSR count). The molecule has 2 aliphatic rings. The maximum absolute atomic E-state index is 9.91. The van der Waals surface area contributed by atoms with Crippen LogP contribution in [0.5, 0.6) is 0 Å². The third kappa shape index (κ3) is 4.16. The molecule has 1 aromatic heterocycles. The summed E-state index contributed by atoms with van der Waals surface area (Å²) in [6, 6.07) is 22.8. The number of allylic oxidation sites excluding steroid dienone is 1. The van der Waals surface area contributed by atoms with Crippen LogP contribution in [0.2, 0.25) is 0 Å². The number of rotatable bonds is 5. The smallest absolute Gasteiger partial charge is 0.161 e. The number of aliphatic hydroxyl groups is 1. The van der Waals surface area contributed by atoms with Gasteiger partial charge in [0.15, 0.2) is 6.17 Å². The first-order chi connectivity index (χ1) is 15.8. The second kappa shape index (κ2) is 9.37. The van der Waals surface area contributed by atoms with Gasteiger partial charge in [0.2, 0.25) is 0 Å². The minimum Gasteiger partial charge on any atom is -0.394 e. The Kier molecular flexibility index (Phi) is 5.99. The van der Waals surface area contributed by atoms with Crippen LogP contribution in [-0.4, -0.2) is 44.7 Å². The van der Waals surface area contributed by atoms with Crippen molar-refractivity contribution < 1.29 is 5.11 Å². The largest absolute Gasteiger partial charge is 0.394 e. The van der Waals surface area contributed by atoms with Crippen molar-refractivity contribution in [3.8, 4) is 0 Å². The molecular weight excluding hydrogens is 396 g/mol. The molecule has 5 nitrogen and oxygen atoms in total. The van der Waals surface area contributed by atoms with Crippen molar-refractivity contribution in [2.45, 2.75) is 31.5 Å². The van der Waals surface area contributed by atoms with E-state index in [0.29, 0.717) is 0 Å². The van der Waals surface area contributed by atoms with Gasteiger partial charge in [-0.05, 0) is 43.6 Å². The van der Waals surface area contributed by atoms with Crippen molar-refractivity contribution in [3.63, 3.8) is 0 Å². The van der Waals surface area contributed by atoms with Crippen molar-refractivity contribution in [2.24, 2.45) is 4.99 Å². The fourth-order valence-electron chi connectivity index (χ4n) is 4.57. The maximum Gasteiger partial charge on any atom is 0.161 e. The molecule has 5 heteroatoms. The van der Waals surface area contributed by atoms with Gasteiger partial charge in [-0.1, -0.05) is 60.7 Å². The van der Waals surface area contributed by atoms with Gasteiger partial charge >= 0.3 is 0 Å². The first-order valence-electron chi connectivity index (χ1n) is 11.3. The molecule has 0 spiro atoms. The minimum absolute atomic E-state index is 0.167. The van der Waals surface area contributed by atoms with Gasteiger partial charge in [0, 0.05) is 29.6 Å². The third-order valence-corrected chi connectivity index (χ3v) is 6.21. The van der Waals surface area contributed by atoms with Gasteiger partial charge < -0.3 is 10.0 Å². The average molecular weight is 425 g/mol. The first-order valence-corrected chi connectivity index (χ1v) is 11.3. The molecule has 2 atom stereocenters. The van der Waals surface area contributed by atoms with Crippen LogP contribution in [0.1, 0.15) is 42.2 Å². The zero-order chi connectivity index (χ0) is 21.8. The first kappa shape index (κ1) is 20.5. The molecule has 2 aliphatic heterocycles. The number of aliphatic hydroxyl groups excluding tert-OH is 1. The summed E-state index contributed by atoms with van der Waals surface area (Å²) in [6.07, 6.45) is 11.3. The van der Waals surface area contributed by atoms with E-state index in [4.69, 9.17) is 4.99 Å². The summed E-state index contributed by atoms with van der Waals surface area (Å²) in [5.74, 6) is 0. The second-order valence-electron chi connectivity index (χ2n) is 8.28. The van der Waals surface area contributed by atoms with E-state index in [1.54, 1.807) is 0 Å². The van der Waals surface area contributed by atoms with Crippen LogP contribution >= 0.6 is 0 Å². The maximum atomic E-state index is 9.91. The quantitative estimate of drug-likeness (QED) is 0.605. The van der Waals surface area contributed by atoms with Gasteiger partial charge in [-0.25, -0.2) is 4.68 Å². The van der Waals surface area contributed by atoms with Gasteiger partial charge in [0.05, 0.1) is 24.1 Å². The van der Waals surface area contributed by atoms with Gasteiger partial charge in [-0.2, -0.15) is 5.10 Å². The van der Waals surface area contributed by atoms with E-state index in [9.17, 15) is 5.11 Å². The number of aromatic nitrogens is 2. The molecule has 3 heterocycles. The molecule has 2 unspecified atom stereocenters. The van der Waals surface area contributed by atoms with Crippen LogP contribution in [-0.2, 0) is 0 Å². The van der Waals surface area contributed by atoms with Crippen LogP contribution < -0.4 is 0 Å². The van der Waals surface area contributed by atoms with Gasteiger partial charge in [0.25, 0.3) is 0 Å². The number of fused-ring (bicyclic) bond motifs is 1. The monoisotopic (exact) mass is 424 g/mol. The Morgan fingerprint density at radius 2 is 1.69 bits per heavy atom. The van der Waals surface area contributed by atoms with E-state index in [2.05, 4.69) is 52.5 Å². The van der Waals surface area contributed by atoms with E-state index in [0.717, 1.165) is 47.6 Å². The van der Waals surface area contributed by atoms with E-state index in [-0.39, 0.29) is 18.8 Å². The number of benzene rings is 2. The highest BCUT2D eigenvalue weighted by atomic mass is 16.3. The fraction of sp³-hybridized carbons (Fsp3) is 0.259. The summed E-state index contributed by atoms with van der Waals surface area (Å²) in [4.78, 5) is 7.53. The number of hydrogen-bond acceptors (Lipinski definition) is 4. The van der Waals surface area contributed by atoms with E-state index < -0.39 is 0 Å². The van der Waals surface area contributed by atoms with E-state index in [1.165, 1.54) is 6.42 Å². The molecule has 0 bridgehead atoms. The van der Waals surface area contributed by atoms with Crippen LogP contribution in [0.25, 0.3) is 6.08 Å². The summed E-state index contributed by atoms with van der Waals surface area (Å²) in [7, 11) is 0. The number of likely N-dealkylation sites (tertiary alicyclic amines) is 1. The number of hydrogen-bond donors (Lipinski definition) is 1. The summed E-state index contributed by atoms with van der Waals surface area (Å²) in [6.45, 7) is 1.14. The lowest BCUT2D eigenvalue weighted by Gasteiger charge is -2.37. The van der Waals surface area contributed by atoms with Crippen molar-refractivity contribution >= 4 is 11.8 Å². The van der Waals surface area contributed by atoms with Crippen molar-refractivity contribution in [1.82, 2.24) is 14.7 Å². The SMILES string of the molecule is OCC1CCCCN1C1=Cc2ccnn2C(N=C(c2ccccc2)c2ccccc2)C=C1. The summed E-state index contributed by atoms with van der Waals surface area (Å²) in [5, 5.41) is 14.5. The Morgan fingerprint density at radius 1 is 0.969 bits per heavy atom. The molecular formula is C27H28N4O. The number of nitrogens with zero attached hydrogens (tertiary/aromatic N) is 4. The molecule has 2 aromatic carbocycles. The highest BCUT2D eigenvalue weighted by molar-refractivity contribution is 6.12. The lowest BCUT2D eigenvalue weighted by molar-refractivity contribution is 0.124. The zero-order valence-electron chi connectivity index (χ0n) is 18.1. The molecule has 0 saturated carbocycles. The van der Waals surface area contributed by atoms with Crippen LogP contribution in [0.4, 0.5) is 0 Å². The second-order valence-corrected chi connectivity index (χ2v) is 8.28. The predicted molar refractivity (Wildman–Crippen MR) is 128 cm³/mol.